The molecule has 190 valence electrons. The van der Waals surface area contributed by atoms with Gasteiger partial charge in [0.25, 0.3) is 0 Å². The van der Waals surface area contributed by atoms with Crippen LogP contribution < -0.4 is 14.2 Å². The van der Waals surface area contributed by atoms with Crippen LogP contribution in [0, 0.1) is 5.92 Å². The van der Waals surface area contributed by atoms with Crippen molar-refractivity contribution in [2.24, 2.45) is 5.92 Å². The third-order valence-corrected chi connectivity index (χ3v) is 6.87. The molecule has 0 atom stereocenters. The van der Waals surface area contributed by atoms with Gasteiger partial charge in [0, 0.05) is 45.2 Å². The Bertz CT molecular complexity index is 956. The molecule has 0 radical (unpaired) electrons. The first kappa shape index (κ1) is 25.2. The van der Waals surface area contributed by atoms with E-state index in [9.17, 15) is 4.79 Å². The van der Waals surface area contributed by atoms with E-state index in [2.05, 4.69) is 14.9 Å². The second-order valence-electron chi connectivity index (χ2n) is 9.48. The number of methoxy groups -OCH3 is 1. The summed E-state index contributed by atoms with van der Waals surface area (Å²) in [6.45, 7) is 8.02. The lowest BCUT2D eigenvalue weighted by molar-refractivity contribution is -0.130. The Kier molecular flexibility index (Phi) is 9.17. The van der Waals surface area contributed by atoms with Gasteiger partial charge in [0.1, 0.15) is 5.82 Å². The van der Waals surface area contributed by atoms with Gasteiger partial charge in [-0.25, -0.2) is 4.98 Å². The number of amides is 1. The van der Waals surface area contributed by atoms with Crippen LogP contribution in [0.4, 0.5) is 0 Å². The van der Waals surface area contributed by atoms with Crippen molar-refractivity contribution in [3.63, 3.8) is 0 Å². The van der Waals surface area contributed by atoms with Crippen LogP contribution in [0.2, 0.25) is 0 Å². The van der Waals surface area contributed by atoms with E-state index in [4.69, 9.17) is 14.2 Å². The van der Waals surface area contributed by atoms with Crippen LogP contribution in [0.3, 0.4) is 0 Å². The number of hydrogen-bond acceptors (Lipinski definition) is 7. The monoisotopic (exact) mass is 482 g/mol. The molecule has 35 heavy (non-hydrogen) atoms. The van der Waals surface area contributed by atoms with Gasteiger partial charge in [-0.2, -0.15) is 4.98 Å². The van der Waals surface area contributed by atoms with Crippen molar-refractivity contribution in [2.75, 3.05) is 53.0 Å². The van der Waals surface area contributed by atoms with Crippen LogP contribution >= 0.6 is 0 Å². The fourth-order valence-electron chi connectivity index (χ4n) is 4.77. The lowest BCUT2D eigenvalue weighted by Crippen LogP contribution is -2.38. The predicted octanol–water partition coefficient (Wildman–Crippen LogP) is 3.58. The van der Waals surface area contributed by atoms with E-state index in [1.165, 1.54) is 25.9 Å². The number of piperidine rings is 1. The summed E-state index contributed by atoms with van der Waals surface area (Å²) in [5.41, 5.74) is 1.06. The van der Waals surface area contributed by atoms with Crippen molar-refractivity contribution >= 4 is 5.91 Å². The molecule has 0 aliphatic carbocycles. The molecule has 0 spiro atoms. The highest BCUT2D eigenvalue weighted by atomic mass is 16.5. The van der Waals surface area contributed by atoms with Gasteiger partial charge in [0.05, 0.1) is 20.3 Å². The molecule has 8 heteroatoms. The third kappa shape index (κ3) is 7.56. The van der Waals surface area contributed by atoms with Crippen LogP contribution in [0.25, 0.3) is 0 Å². The van der Waals surface area contributed by atoms with Gasteiger partial charge in [0.2, 0.25) is 11.8 Å². The summed E-state index contributed by atoms with van der Waals surface area (Å²) < 4.78 is 17.6. The highest BCUT2D eigenvalue weighted by Gasteiger charge is 2.21. The molecule has 3 heterocycles. The number of aromatic nitrogens is 2. The number of ether oxygens (including phenoxy) is 3. The van der Waals surface area contributed by atoms with Gasteiger partial charge in [-0.15, -0.1) is 0 Å². The summed E-state index contributed by atoms with van der Waals surface area (Å²) in [5.74, 6) is 3.39. The number of carbonyl (C=O) groups excluding carboxylic acids is 1. The van der Waals surface area contributed by atoms with Gasteiger partial charge in [0.15, 0.2) is 11.5 Å². The number of likely N-dealkylation sites (tertiary alicyclic amines) is 2. The fraction of sp³-hybridized carbons (Fsp3) is 0.593. The molecule has 2 aliphatic rings. The number of hydrogen-bond donors (Lipinski definition) is 0. The maximum atomic E-state index is 11.5. The van der Waals surface area contributed by atoms with Gasteiger partial charge in [-0.05, 0) is 68.8 Å². The summed E-state index contributed by atoms with van der Waals surface area (Å²) in [7, 11) is 1.67. The molecular formula is C27H38N4O4. The van der Waals surface area contributed by atoms with Crippen molar-refractivity contribution in [1.29, 1.82) is 0 Å². The molecule has 2 fully saturated rings. The number of benzene rings is 1. The molecule has 2 aliphatic heterocycles. The largest absolute Gasteiger partial charge is 0.493 e. The van der Waals surface area contributed by atoms with E-state index < -0.39 is 0 Å². The normalized spacial score (nSPS) is 16.9. The minimum atomic E-state index is 0.152. The Labute approximate surface area is 208 Å². The van der Waals surface area contributed by atoms with Crippen LogP contribution in [-0.4, -0.2) is 78.7 Å². The molecule has 0 saturated carbocycles. The Balaban J connectivity index is 1.28. The van der Waals surface area contributed by atoms with Crippen LogP contribution in [-0.2, 0) is 11.2 Å². The zero-order valence-electron chi connectivity index (χ0n) is 21.1. The van der Waals surface area contributed by atoms with Crippen molar-refractivity contribution in [3.05, 3.63) is 41.9 Å². The molecule has 1 aromatic heterocycles. The Morgan fingerprint density at radius 2 is 1.86 bits per heavy atom. The Morgan fingerprint density at radius 1 is 1.06 bits per heavy atom. The SMILES string of the molecule is COc1ccc(Cc2nccc(OCC3CCN(C(C)=O)CC3)n2)cc1OCCCN1CCCC1. The van der Waals surface area contributed by atoms with Crippen molar-refractivity contribution in [2.45, 2.75) is 45.4 Å². The topological polar surface area (TPSA) is 77.0 Å². The minimum absolute atomic E-state index is 0.152. The molecule has 2 saturated heterocycles. The first-order chi connectivity index (χ1) is 17.1. The highest BCUT2D eigenvalue weighted by Crippen LogP contribution is 2.29. The number of nitrogens with zero attached hydrogens (tertiary/aromatic N) is 4. The standard InChI is InChI=1S/C27H38N4O4/c1-21(32)31-15-9-22(10-16-31)20-35-27-8-11-28-26(29-27)19-23-6-7-24(33-2)25(18-23)34-17-5-14-30-12-3-4-13-30/h6-8,11,18,22H,3-5,9-10,12-17,19-20H2,1-2H3. The minimum Gasteiger partial charge on any atom is -0.493 e. The van der Waals surface area contributed by atoms with E-state index in [0.29, 0.717) is 37.3 Å². The van der Waals surface area contributed by atoms with E-state index in [1.54, 1.807) is 26.3 Å². The van der Waals surface area contributed by atoms with E-state index in [0.717, 1.165) is 56.0 Å². The second-order valence-corrected chi connectivity index (χ2v) is 9.48. The average molecular weight is 483 g/mol. The van der Waals surface area contributed by atoms with Gasteiger partial charge in [-0.1, -0.05) is 6.07 Å². The van der Waals surface area contributed by atoms with Crippen LogP contribution in [0.1, 0.15) is 50.4 Å². The second kappa shape index (κ2) is 12.7. The quantitative estimate of drug-likeness (QED) is 0.453. The van der Waals surface area contributed by atoms with Crippen LogP contribution in [0.15, 0.2) is 30.5 Å². The van der Waals surface area contributed by atoms with Gasteiger partial charge in [-0.3, -0.25) is 4.79 Å². The molecule has 8 nitrogen and oxygen atoms in total. The van der Waals surface area contributed by atoms with Crippen molar-refractivity contribution in [1.82, 2.24) is 19.8 Å². The third-order valence-electron chi connectivity index (χ3n) is 6.87. The van der Waals surface area contributed by atoms with Gasteiger partial charge < -0.3 is 24.0 Å². The molecule has 1 amide bonds. The fourth-order valence-corrected chi connectivity index (χ4v) is 4.77. The lowest BCUT2D eigenvalue weighted by atomic mass is 9.98. The number of rotatable bonds is 11. The van der Waals surface area contributed by atoms with Crippen molar-refractivity contribution < 1.29 is 19.0 Å². The van der Waals surface area contributed by atoms with E-state index >= 15 is 0 Å². The summed E-state index contributed by atoms with van der Waals surface area (Å²) in [4.78, 5) is 25.0. The smallest absolute Gasteiger partial charge is 0.219 e. The molecule has 2 aromatic rings. The summed E-state index contributed by atoms with van der Waals surface area (Å²) in [6.07, 6.45) is 7.88. The predicted molar refractivity (Wildman–Crippen MR) is 134 cm³/mol. The molecule has 0 unspecified atom stereocenters. The van der Waals surface area contributed by atoms with Gasteiger partial charge >= 0.3 is 0 Å². The molecule has 0 bridgehead atoms. The summed E-state index contributed by atoms with van der Waals surface area (Å²) in [6, 6.07) is 7.79. The first-order valence-corrected chi connectivity index (χ1v) is 12.8. The zero-order chi connectivity index (χ0) is 24.5. The van der Waals surface area contributed by atoms with E-state index in [1.807, 2.05) is 23.1 Å². The maximum absolute atomic E-state index is 11.5. The number of carbonyl (C=O) groups is 1. The lowest BCUT2D eigenvalue weighted by Gasteiger charge is -2.30. The Morgan fingerprint density at radius 3 is 2.60 bits per heavy atom. The van der Waals surface area contributed by atoms with Crippen LogP contribution in [0.5, 0.6) is 17.4 Å². The molecule has 0 N–H and O–H groups in total. The molecular weight excluding hydrogens is 444 g/mol. The zero-order valence-corrected chi connectivity index (χ0v) is 21.1. The molecule has 4 rings (SSSR count). The Hall–Kier alpha value is -2.87. The first-order valence-electron chi connectivity index (χ1n) is 12.8. The van der Waals surface area contributed by atoms with Crippen molar-refractivity contribution in [3.8, 4) is 17.4 Å². The summed E-state index contributed by atoms with van der Waals surface area (Å²) in [5, 5.41) is 0. The highest BCUT2D eigenvalue weighted by molar-refractivity contribution is 5.73. The van der Waals surface area contributed by atoms with E-state index in [-0.39, 0.29) is 5.91 Å². The summed E-state index contributed by atoms with van der Waals surface area (Å²) >= 11 is 0. The molecule has 1 aromatic carbocycles. The average Bonchev–Trinajstić information content (AvgIpc) is 3.40. The maximum Gasteiger partial charge on any atom is 0.219 e.